The maximum absolute atomic E-state index is 9.54. The van der Waals surface area contributed by atoms with Crippen LogP contribution < -0.4 is 0 Å². The standard InChI is InChI=1S/C23H31N3O/c1-19(15-21-8-4-3-5-9-21)16-25-12-13-26(23(18-25)11-14-27)17-22-10-6-7-20(2)24-22/h3-10,15,23,27H,11-14,16-18H2,1-2H3. The van der Waals surface area contributed by atoms with E-state index in [0.29, 0.717) is 6.04 Å². The van der Waals surface area contributed by atoms with Gasteiger partial charge in [0.05, 0.1) is 5.69 Å². The Morgan fingerprint density at radius 1 is 1.15 bits per heavy atom. The van der Waals surface area contributed by atoms with Crippen LogP contribution >= 0.6 is 0 Å². The first-order valence-corrected chi connectivity index (χ1v) is 9.86. The quantitative estimate of drug-likeness (QED) is 0.817. The van der Waals surface area contributed by atoms with Crippen molar-refractivity contribution >= 4 is 6.08 Å². The third-order valence-corrected chi connectivity index (χ3v) is 5.15. The summed E-state index contributed by atoms with van der Waals surface area (Å²) < 4.78 is 0. The molecule has 0 amide bonds. The molecule has 0 aliphatic carbocycles. The second kappa shape index (κ2) is 9.79. The van der Waals surface area contributed by atoms with Crippen molar-refractivity contribution < 1.29 is 5.11 Å². The van der Waals surface area contributed by atoms with Gasteiger partial charge >= 0.3 is 0 Å². The molecule has 2 aromatic rings. The topological polar surface area (TPSA) is 39.6 Å². The highest BCUT2D eigenvalue weighted by molar-refractivity contribution is 5.52. The van der Waals surface area contributed by atoms with E-state index in [9.17, 15) is 5.11 Å². The summed E-state index contributed by atoms with van der Waals surface area (Å²) in [6.45, 7) is 9.37. The van der Waals surface area contributed by atoms with Crippen LogP contribution in [0.5, 0.6) is 0 Å². The fraction of sp³-hybridized carbons (Fsp3) is 0.435. The monoisotopic (exact) mass is 365 g/mol. The number of rotatable bonds is 7. The molecule has 0 spiro atoms. The van der Waals surface area contributed by atoms with Crippen LogP contribution in [0, 0.1) is 6.92 Å². The van der Waals surface area contributed by atoms with Crippen molar-refractivity contribution in [3.05, 3.63) is 71.1 Å². The Balaban J connectivity index is 1.60. The Kier molecular flexibility index (Phi) is 7.16. The molecular formula is C23H31N3O. The summed E-state index contributed by atoms with van der Waals surface area (Å²) in [6.07, 6.45) is 3.08. The van der Waals surface area contributed by atoms with Crippen molar-refractivity contribution in [2.45, 2.75) is 32.9 Å². The van der Waals surface area contributed by atoms with Crippen LogP contribution in [0.1, 0.15) is 30.3 Å². The molecule has 1 atom stereocenters. The van der Waals surface area contributed by atoms with E-state index >= 15 is 0 Å². The van der Waals surface area contributed by atoms with E-state index in [1.54, 1.807) is 0 Å². The zero-order valence-electron chi connectivity index (χ0n) is 16.5. The molecule has 0 bridgehead atoms. The summed E-state index contributed by atoms with van der Waals surface area (Å²) in [7, 11) is 0. The highest BCUT2D eigenvalue weighted by Crippen LogP contribution is 2.18. The Morgan fingerprint density at radius 3 is 2.70 bits per heavy atom. The number of benzene rings is 1. The van der Waals surface area contributed by atoms with Crippen molar-refractivity contribution in [2.75, 3.05) is 32.8 Å². The molecule has 1 aromatic carbocycles. The fourth-order valence-corrected chi connectivity index (χ4v) is 3.86. The lowest BCUT2D eigenvalue weighted by molar-refractivity contribution is 0.0576. The average Bonchev–Trinajstić information content (AvgIpc) is 2.65. The number of aryl methyl sites for hydroxylation is 1. The highest BCUT2D eigenvalue weighted by atomic mass is 16.3. The number of aliphatic hydroxyl groups is 1. The Labute approximate surface area is 163 Å². The molecule has 1 unspecified atom stereocenters. The van der Waals surface area contributed by atoms with E-state index in [2.05, 4.69) is 70.2 Å². The molecule has 1 fully saturated rings. The molecule has 0 radical (unpaired) electrons. The summed E-state index contributed by atoms with van der Waals surface area (Å²) in [4.78, 5) is 9.64. The van der Waals surface area contributed by atoms with Gasteiger partial charge in [-0.15, -0.1) is 0 Å². The molecule has 3 rings (SSSR count). The average molecular weight is 366 g/mol. The van der Waals surface area contributed by atoms with Gasteiger partial charge in [-0.25, -0.2) is 0 Å². The van der Waals surface area contributed by atoms with Crippen LogP contribution in [0.15, 0.2) is 54.1 Å². The van der Waals surface area contributed by atoms with Crippen LogP contribution in [-0.4, -0.2) is 58.7 Å². The van der Waals surface area contributed by atoms with Gasteiger partial charge in [0.25, 0.3) is 0 Å². The number of hydrogen-bond donors (Lipinski definition) is 1. The number of piperazine rings is 1. The van der Waals surface area contributed by atoms with Gasteiger partial charge in [-0.3, -0.25) is 14.8 Å². The lowest BCUT2D eigenvalue weighted by atomic mass is 10.1. The minimum absolute atomic E-state index is 0.231. The molecule has 1 aromatic heterocycles. The lowest BCUT2D eigenvalue weighted by Crippen LogP contribution is -2.53. The minimum atomic E-state index is 0.231. The third kappa shape index (κ3) is 5.99. The first-order chi connectivity index (χ1) is 13.1. The normalized spacial score (nSPS) is 19.4. The van der Waals surface area contributed by atoms with Crippen LogP contribution in [0.3, 0.4) is 0 Å². The van der Waals surface area contributed by atoms with Crippen LogP contribution in [0.2, 0.25) is 0 Å². The van der Waals surface area contributed by atoms with Gasteiger partial charge in [0.15, 0.2) is 0 Å². The Hall–Kier alpha value is -2.01. The van der Waals surface area contributed by atoms with Crippen molar-refractivity contribution in [1.82, 2.24) is 14.8 Å². The van der Waals surface area contributed by atoms with Crippen LogP contribution in [0.4, 0.5) is 0 Å². The number of aliphatic hydroxyl groups excluding tert-OH is 1. The predicted molar refractivity (Wildman–Crippen MR) is 111 cm³/mol. The number of hydrogen-bond acceptors (Lipinski definition) is 4. The van der Waals surface area contributed by atoms with Gasteiger partial charge < -0.3 is 5.11 Å². The maximum atomic E-state index is 9.54. The summed E-state index contributed by atoms with van der Waals surface area (Å²) in [6, 6.07) is 17.1. The maximum Gasteiger partial charge on any atom is 0.0547 e. The third-order valence-electron chi connectivity index (χ3n) is 5.15. The zero-order chi connectivity index (χ0) is 19.1. The number of pyridine rings is 1. The van der Waals surface area contributed by atoms with Crippen LogP contribution in [-0.2, 0) is 6.54 Å². The molecule has 2 heterocycles. The van der Waals surface area contributed by atoms with Crippen LogP contribution in [0.25, 0.3) is 6.08 Å². The number of aromatic nitrogens is 1. The molecule has 1 aliphatic rings. The summed E-state index contributed by atoms with van der Waals surface area (Å²) in [5.41, 5.74) is 4.81. The first-order valence-electron chi connectivity index (χ1n) is 9.86. The lowest BCUT2D eigenvalue weighted by Gasteiger charge is -2.41. The van der Waals surface area contributed by atoms with Crippen molar-refractivity contribution in [1.29, 1.82) is 0 Å². The molecule has 27 heavy (non-hydrogen) atoms. The van der Waals surface area contributed by atoms with Gasteiger partial charge in [-0.05, 0) is 38.0 Å². The van der Waals surface area contributed by atoms with E-state index < -0.39 is 0 Å². The van der Waals surface area contributed by atoms with Gasteiger partial charge in [0.2, 0.25) is 0 Å². The molecule has 4 heteroatoms. The second-order valence-corrected chi connectivity index (χ2v) is 7.54. The van der Waals surface area contributed by atoms with Crippen molar-refractivity contribution in [3.63, 3.8) is 0 Å². The summed E-state index contributed by atoms with van der Waals surface area (Å²) in [5, 5.41) is 9.54. The summed E-state index contributed by atoms with van der Waals surface area (Å²) >= 11 is 0. The van der Waals surface area contributed by atoms with Gasteiger partial charge in [-0.2, -0.15) is 0 Å². The largest absolute Gasteiger partial charge is 0.396 e. The van der Waals surface area contributed by atoms with Gasteiger partial charge in [-0.1, -0.05) is 48.0 Å². The van der Waals surface area contributed by atoms with Gasteiger partial charge in [0, 0.05) is 51.1 Å². The van der Waals surface area contributed by atoms with E-state index in [1.165, 1.54) is 11.1 Å². The first kappa shape index (κ1) is 19.7. The molecule has 4 nitrogen and oxygen atoms in total. The molecule has 0 saturated carbocycles. The van der Waals surface area contributed by atoms with Crippen molar-refractivity contribution in [2.24, 2.45) is 0 Å². The summed E-state index contributed by atoms with van der Waals surface area (Å²) in [5.74, 6) is 0. The van der Waals surface area contributed by atoms with E-state index in [4.69, 9.17) is 0 Å². The molecule has 144 valence electrons. The Morgan fingerprint density at radius 2 is 1.96 bits per heavy atom. The molecule has 1 aliphatic heterocycles. The Bertz CT molecular complexity index is 744. The van der Waals surface area contributed by atoms with E-state index in [-0.39, 0.29) is 6.61 Å². The van der Waals surface area contributed by atoms with Crippen molar-refractivity contribution in [3.8, 4) is 0 Å². The van der Waals surface area contributed by atoms with E-state index in [1.807, 2.05) is 13.0 Å². The second-order valence-electron chi connectivity index (χ2n) is 7.54. The van der Waals surface area contributed by atoms with E-state index in [0.717, 1.165) is 50.5 Å². The zero-order valence-corrected chi connectivity index (χ0v) is 16.5. The molecule has 1 N–H and O–H groups in total. The van der Waals surface area contributed by atoms with Gasteiger partial charge in [0.1, 0.15) is 0 Å². The number of nitrogens with zero attached hydrogens (tertiary/aromatic N) is 3. The highest BCUT2D eigenvalue weighted by Gasteiger charge is 2.26. The smallest absolute Gasteiger partial charge is 0.0547 e. The molecule has 1 saturated heterocycles. The SMILES string of the molecule is CC(=Cc1ccccc1)CN1CCN(Cc2cccc(C)n2)C(CCO)C1. The molecular weight excluding hydrogens is 334 g/mol. The predicted octanol–water partition coefficient (Wildman–Crippen LogP) is 3.36. The minimum Gasteiger partial charge on any atom is -0.396 e. The fourth-order valence-electron chi connectivity index (χ4n) is 3.86.